The second-order valence-corrected chi connectivity index (χ2v) is 10.1. The first-order valence-corrected chi connectivity index (χ1v) is 12.2. The molecule has 0 saturated carbocycles. The third kappa shape index (κ3) is 6.80. The fourth-order valence-corrected chi connectivity index (χ4v) is 5.41. The fraction of sp³-hybridized carbons (Fsp3) is 0.435. The Balaban J connectivity index is 1.51. The molecule has 1 atom stereocenters. The number of hydrogen-bond donors (Lipinski definition) is 1. The number of rotatable bonds is 8. The monoisotopic (exact) mass is 468 g/mol. The molecule has 1 N–H and O–H groups in total. The molecule has 0 unspecified atom stereocenters. The second kappa shape index (κ2) is 10.5. The first-order valence-electron chi connectivity index (χ1n) is 10.6. The molecular weight excluding hydrogens is 441 g/mol. The van der Waals surface area contributed by atoms with E-state index in [1.54, 1.807) is 0 Å². The van der Waals surface area contributed by atoms with Gasteiger partial charge in [0.05, 0.1) is 17.2 Å². The van der Waals surface area contributed by atoms with E-state index >= 15 is 0 Å². The van der Waals surface area contributed by atoms with Gasteiger partial charge in [0.25, 0.3) is 0 Å². The van der Waals surface area contributed by atoms with Gasteiger partial charge in [0.1, 0.15) is 0 Å². The van der Waals surface area contributed by atoms with Gasteiger partial charge in [0, 0.05) is 19.6 Å². The number of hydrogen-bond acceptors (Lipinski definition) is 3. The second-order valence-electron chi connectivity index (χ2n) is 8.02. The van der Waals surface area contributed by atoms with Crippen LogP contribution in [0.1, 0.15) is 36.0 Å². The highest BCUT2D eigenvalue weighted by molar-refractivity contribution is 7.89. The molecule has 0 radical (unpaired) electrons. The van der Waals surface area contributed by atoms with Gasteiger partial charge in [-0.1, -0.05) is 42.5 Å². The number of carbonyl (C=O) groups excluding carboxylic acids is 1. The molecule has 1 aliphatic heterocycles. The van der Waals surface area contributed by atoms with Crippen molar-refractivity contribution in [3.63, 3.8) is 0 Å². The minimum absolute atomic E-state index is 0.0144. The molecule has 2 aromatic rings. The number of alkyl halides is 3. The van der Waals surface area contributed by atoms with Gasteiger partial charge in [-0.15, -0.1) is 0 Å². The standard InChI is InChI=1S/C23H27F3N2O3S/c24-23(25,26)21-12-4-9-19(15-21)16-27-22(29)20-11-5-13-28(17-20)32(30,31)14-6-10-18-7-2-1-3-8-18/h1-4,7-9,12,15,20H,5-6,10-11,13-14,16-17H2,(H,27,29)/t20-/m1/s1. The lowest BCUT2D eigenvalue weighted by Crippen LogP contribution is -2.46. The Labute approximate surface area is 186 Å². The van der Waals surface area contributed by atoms with E-state index in [0.717, 1.165) is 17.7 Å². The third-order valence-corrected chi connectivity index (χ3v) is 7.50. The maximum absolute atomic E-state index is 12.8. The Morgan fingerprint density at radius 1 is 1.06 bits per heavy atom. The number of sulfonamides is 1. The van der Waals surface area contributed by atoms with E-state index < -0.39 is 27.7 Å². The highest BCUT2D eigenvalue weighted by Crippen LogP contribution is 2.29. The molecule has 1 aliphatic rings. The van der Waals surface area contributed by atoms with Crippen molar-refractivity contribution < 1.29 is 26.4 Å². The van der Waals surface area contributed by atoms with Crippen LogP contribution in [-0.4, -0.2) is 37.5 Å². The average Bonchev–Trinajstić information content (AvgIpc) is 2.78. The zero-order valence-corrected chi connectivity index (χ0v) is 18.5. The largest absolute Gasteiger partial charge is 0.416 e. The maximum atomic E-state index is 12.8. The molecule has 5 nitrogen and oxygen atoms in total. The van der Waals surface area contributed by atoms with E-state index in [1.807, 2.05) is 30.3 Å². The normalized spacial score (nSPS) is 17.8. The quantitative estimate of drug-likeness (QED) is 0.637. The van der Waals surface area contributed by atoms with Crippen LogP contribution in [0.15, 0.2) is 54.6 Å². The number of carbonyl (C=O) groups is 1. The average molecular weight is 469 g/mol. The van der Waals surface area contributed by atoms with Crippen molar-refractivity contribution in [2.45, 2.75) is 38.4 Å². The molecule has 1 heterocycles. The van der Waals surface area contributed by atoms with Gasteiger partial charge < -0.3 is 5.32 Å². The van der Waals surface area contributed by atoms with Crippen molar-refractivity contribution in [2.75, 3.05) is 18.8 Å². The van der Waals surface area contributed by atoms with Crippen molar-refractivity contribution in [2.24, 2.45) is 5.92 Å². The summed E-state index contributed by atoms with van der Waals surface area (Å²) < 4.78 is 65.4. The van der Waals surface area contributed by atoms with Crippen LogP contribution in [0.2, 0.25) is 0 Å². The first kappa shape index (κ1) is 24.3. The summed E-state index contributed by atoms with van der Waals surface area (Å²) >= 11 is 0. The topological polar surface area (TPSA) is 66.5 Å². The molecular formula is C23H27F3N2O3S. The van der Waals surface area contributed by atoms with Gasteiger partial charge in [-0.2, -0.15) is 13.2 Å². The summed E-state index contributed by atoms with van der Waals surface area (Å²) in [6, 6.07) is 14.4. The van der Waals surface area contributed by atoms with E-state index in [2.05, 4.69) is 5.32 Å². The van der Waals surface area contributed by atoms with Gasteiger partial charge in [-0.25, -0.2) is 12.7 Å². The number of nitrogens with one attached hydrogen (secondary N) is 1. The predicted molar refractivity (Wildman–Crippen MR) is 116 cm³/mol. The van der Waals surface area contributed by atoms with E-state index in [-0.39, 0.29) is 24.7 Å². The lowest BCUT2D eigenvalue weighted by atomic mass is 9.98. The minimum Gasteiger partial charge on any atom is -0.352 e. The van der Waals surface area contributed by atoms with Gasteiger partial charge in [-0.3, -0.25) is 4.79 Å². The van der Waals surface area contributed by atoms with Crippen LogP contribution in [0, 0.1) is 5.92 Å². The van der Waals surface area contributed by atoms with Crippen molar-refractivity contribution >= 4 is 15.9 Å². The molecule has 1 fully saturated rings. The molecule has 0 aromatic heterocycles. The minimum atomic E-state index is -4.45. The smallest absolute Gasteiger partial charge is 0.352 e. The number of amides is 1. The van der Waals surface area contributed by atoms with E-state index in [0.29, 0.717) is 37.8 Å². The summed E-state index contributed by atoms with van der Waals surface area (Å²) in [6.45, 7) is 0.441. The SMILES string of the molecule is O=C(NCc1cccc(C(F)(F)F)c1)[C@@H]1CCCN(S(=O)(=O)CCCc2ccccc2)C1. The summed E-state index contributed by atoms with van der Waals surface area (Å²) in [5.74, 6) is -0.842. The molecule has 0 bridgehead atoms. The molecule has 0 aliphatic carbocycles. The molecule has 3 rings (SSSR count). The molecule has 9 heteroatoms. The highest BCUT2D eigenvalue weighted by atomic mass is 32.2. The number of aryl methyl sites for hydroxylation is 1. The van der Waals surface area contributed by atoms with Crippen LogP contribution < -0.4 is 5.32 Å². The zero-order chi connectivity index (χ0) is 23.2. The number of benzene rings is 2. The number of halogens is 3. The number of piperidine rings is 1. The Kier molecular flexibility index (Phi) is 7.95. The van der Waals surface area contributed by atoms with Crippen molar-refractivity contribution in [3.05, 3.63) is 71.3 Å². The van der Waals surface area contributed by atoms with Crippen LogP contribution in [0.25, 0.3) is 0 Å². The van der Waals surface area contributed by atoms with Crippen LogP contribution in [0.4, 0.5) is 13.2 Å². The third-order valence-electron chi connectivity index (χ3n) is 5.58. The molecule has 1 amide bonds. The predicted octanol–water partition coefficient (Wildman–Crippen LogP) is 4.00. The summed E-state index contributed by atoms with van der Waals surface area (Å²) in [6.07, 6.45) is -2.17. The molecule has 1 saturated heterocycles. The lowest BCUT2D eigenvalue weighted by Gasteiger charge is -2.31. The fourth-order valence-electron chi connectivity index (χ4n) is 3.83. The Morgan fingerprint density at radius 2 is 1.78 bits per heavy atom. The Morgan fingerprint density at radius 3 is 2.50 bits per heavy atom. The molecule has 32 heavy (non-hydrogen) atoms. The van der Waals surface area contributed by atoms with E-state index in [4.69, 9.17) is 0 Å². The van der Waals surface area contributed by atoms with Crippen molar-refractivity contribution in [1.82, 2.24) is 9.62 Å². The van der Waals surface area contributed by atoms with Crippen LogP contribution in [0.3, 0.4) is 0 Å². The Bertz CT molecular complexity index is 1010. The van der Waals surface area contributed by atoms with E-state index in [9.17, 15) is 26.4 Å². The van der Waals surface area contributed by atoms with Gasteiger partial charge >= 0.3 is 6.18 Å². The van der Waals surface area contributed by atoms with Crippen molar-refractivity contribution in [1.29, 1.82) is 0 Å². The summed E-state index contributed by atoms with van der Waals surface area (Å²) in [4.78, 5) is 12.6. The molecule has 0 spiro atoms. The summed E-state index contributed by atoms with van der Waals surface area (Å²) in [7, 11) is -3.48. The van der Waals surface area contributed by atoms with Gasteiger partial charge in [0.2, 0.25) is 15.9 Å². The van der Waals surface area contributed by atoms with Crippen LogP contribution in [0.5, 0.6) is 0 Å². The molecule has 174 valence electrons. The van der Waals surface area contributed by atoms with Crippen molar-refractivity contribution in [3.8, 4) is 0 Å². The van der Waals surface area contributed by atoms with Crippen LogP contribution >= 0.6 is 0 Å². The van der Waals surface area contributed by atoms with Gasteiger partial charge in [-0.05, 0) is 48.9 Å². The van der Waals surface area contributed by atoms with Gasteiger partial charge in [0.15, 0.2) is 0 Å². The number of nitrogens with zero attached hydrogens (tertiary/aromatic N) is 1. The summed E-state index contributed by atoms with van der Waals surface area (Å²) in [5, 5.41) is 2.66. The van der Waals surface area contributed by atoms with E-state index in [1.165, 1.54) is 16.4 Å². The highest BCUT2D eigenvalue weighted by Gasteiger charge is 2.32. The Hall–Kier alpha value is -2.39. The molecule has 2 aromatic carbocycles. The zero-order valence-electron chi connectivity index (χ0n) is 17.6. The lowest BCUT2D eigenvalue weighted by molar-refractivity contribution is -0.137. The maximum Gasteiger partial charge on any atom is 0.416 e. The van der Waals surface area contributed by atoms with Crippen LogP contribution in [-0.2, 0) is 34.0 Å². The first-order chi connectivity index (χ1) is 15.1. The summed E-state index contributed by atoms with van der Waals surface area (Å²) in [5.41, 5.74) is 0.650.